The van der Waals surface area contributed by atoms with E-state index < -0.39 is 21.6 Å². The number of benzene rings is 1. The molecule has 1 fully saturated rings. The van der Waals surface area contributed by atoms with Crippen LogP contribution in [0.2, 0.25) is 0 Å². The molecule has 1 aliphatic rings. The third kappa shape index (κ3) is 5.27. The van der Waals surface area contributed by atoms with Crippen LogP contribution in [0, 0.1) is 0 Å². The maximum Gasteiger partial charge on any atom is 0.255 e. The molecule has 0 spiro atoms. The Morgan fingerprint density at radius 1 is 1.21 bits per heavy atom. The van der Waals surface area contributed by atoms with Crippen LogP contribution in [0.15, 0.2) is 29.2 Å². The van der Waals surface area contributed by atoms with Gasteiger partial charge in [-0.25, -0.2) is 13.1 Å². The molecule has 2 rings (SSSR count). The van der Waals surface area contributed by atoms with Crippen molar-refractivity contribution in [3.8, 4) is 0 Å². The molecule has 1 saturated heterocycles. The first kappa shape index (κ1) is 22.7. The van der Waals surface area contributed by atoms with Gasteiger partial charge in [-0.1, -0.05) is 0 Å². The van der Waals surface area contributed by atoms with Gasteiger partial charge in [-0.3, -0.25) is 9.59 Å². The van der Waals surface area contributed by atoms with Gasteiger partial charge in [-0.2, -0.15) is 0 Å². The van der Waals surface area contributed by atoms with Gasteiger partial charge >= 0.3 is 0 Å². The Morgan fingerprint density at radius 3 is 2.29 bits per heavy atom. The summed E-state index contributed by atoms with van der Waals surface area (Å²) >= 11 is 1.54. The number of carbonyl (C=O) groups is 2. The maximum atomic E-state index is 12.9. The number of nitrogens with one attached hydrogen (secondary N) is 1. The highest BCUT2D eigenvalue weighted by Crippen LogP contribution is 2.25. The van der Waals surface area contributed by atoms with Crippen molar-refractivity contribution in [2.24, 2.45) is 0 Å². The number of hydrogen-bond donors (Lipinski definition) is 1. The summed E-state index contributed by atoms with van der Waals surface area (Å²) in [6.45, 7) is 9.14. The molecule has 1 aromatic carbocycles. The second-order valence-electron chi connectivity index (χ2n) is 8.21. The molecule has 1 heterocycles. The smallest absolute Gasteiger partial charge is 0.255 e. The lowest BCUT2D eigenvalue weighted by Gasteiger charge is -2.29. The first-order chi connectivity index (χ1) is 12.8. The Labute approximate surface area is 171 Å². The number of amides is 2. The molecule has 9 heteroatoms. The largest absolute Gasteiger partial charge is 0.342 e. The molecule has 1 N–H and O–H groups in total. The minimum Gasteiger partial charge on any atom is -0.342 e. The lowest BCUT2D eigenvalue weighted by molar-refractivity contribution is -0.135. The summed E-state index contributed by atoms with van der Waals surface area (Å²) in [5, 5.41) is 0. The molecule has 0 saturated carbocycles. The molecule has 1 aromatic rings. The molecule has 2 amide bonds. The van der Waals surface area contributed by atoms with E-state index in [0.29, 0.717) is 17.2 Å². The second-order valence-corrected chi connectivity index (χ2v) is 10.9. The molecule has 28 heavy (non-hydrogen) atoms. The Morgan fingerprint density at radius 2 is 1.79 bits per heavy atom. The minimum absolute atomic E-state index is 0.0508. The van der Waals surface area contributed by atoms with Crippen LogP contribution in [0.1, 0.15) is 45.0 Å². The van der Waals surface area contributed by atoms with Gasteiger partial charge in [0.05, 0.1) is 10.8 Å². The van der Waals surface area contributed by atoms with Crippen molar-refractivity contribution >= 4 is 33.6 Å². The zero-order valence-corrected chi connectivity index (χ0v) is 18.9. The summed E-state index contributed by atoms with van der Waals surface area (Å²) in [5.41, 5.74) is -0.238. The van der Waals surface area contributed by atoms with Crippen LogP contribution in [0.4, 0.5) is 0 Å². The zero-order valence-electron chi connectivity index (χ0n) is 17.2. The molecule has 1 aliphatic heterocycles. The third-order valence-electron chi connectivity index (χ3n) is 4.40. The molecule has 0 radical (unpaired) electrons. The SMILES string of the molecule is CC(C)N(C)C(=O)C1CSCN1C(=O)c1ccc(S(=O)(=O)NC(C)(C)C)cc1. The highest BCUT2D eigenvalue weighted by Gasteiger charge is 2.37. The van der Waals surface area contributed by atoms with Crippen LogP contribution in [0.25, 0.3) is 0 Å². The topological polar surface area (TPSA) is 86.8 Å². The predicted octanol–water partition coefficient (Wildman–Crippen LogP) is 2.15. The predicted molar refractivity (Wildman–Crippen MR) is 112 cm³/mol. The average molecular weight is 428 g/mol. The van der Waals surface area contributed by atoms with Crippen molar-refractivity contribution in [1.29, 1.82) is 0 Å². The number of likely N-dealkylation sites (N-methyl/N-ethyl adjacent to an activating group) is 1. The van der Waals surface area contributed by atoms with E-state index in [1.165, 1.54) is 36.0 Å². The van der Waals surface area contributed by atoms with Gasteiger partial charge in [0.15, 0.2) is 0 Å². The number of rotatable bonds is 5. The van der Waals surface area contributed by atoms with Crippen molar-refractivity contribution in [3.05, 3.63) is 29.8 Å². The fraction of sp³-hybridized carbons (Fsp3) is 0.579. The fourth-order valence-corrected chi connectivity index (χ4v) is 5.30. The van der Waals surface area contributed by atoms with E-state index in [4.69, 9.17) is 0 Å². The lowest BCUT2D eigenvalue weighted by Crippen LogP contribution is -2.49. The van der Waals surface area contributed by atoms with E-state index >= 15 is 0 Å². The molecule has 7 nitrogen and oxygen atoms in total. The number of carbonyl (C=O) groups excluding carboxylic acids is 2. The van der Waals surface area contributed by atoms with Gasteiger partial charge in [-0.15, -0.1) is 11.8 Å². The van der Waals surface area contributed by atoms with Crippen LogP contribution < -0.4 is 4.72 Å². The van der Waals surface area contributed by atoms with E-state index in [1.807, 2.05) is 13.8 Å². The van der Waals surface area contributed by atoms with Crippen molar-refractivity contribution in [2.45, 2.75) is 57.1 Å². The Bertz CT molecular complexity index is 830. The summed E-state index contributed by atoms with van der Waals surface area (Å²) in [7, 11) is -1.93. The minimum atomic E-state index is -3.66. The molecule has 0 aliphatic carbocycles. The van der Waals surface area contributed by atoms with Crippen molar-refractivity contribution in [2.75, 3.05) is 18.7 Å². The van der Waals surface area contributed by atoms with Crippen molar-refractivity contribution < 1.29 is 18.0 Å². The van der Waals surface area contributed by atoms with Gasteiger partial charge < -0.3 is 9.80 Å². The Hall–Kier alpha value is -1.58. The van der Waals surface area contributed by atoms with E-state index in [1.54, 1.807) is 37.6 Å². The van der Waals surface area contributed by atoms with E-state index in [-0.39, 0.29) is 22.8 Å². The maximum absolute atomic E-state index is 12.9. The number of sulfonamides is 1. The van der Waals surface area contributed by atoms with Crippen molar-refractivity contribution in [3.63, 3.8) is 0 Å². The number of thioether (sulfide) groups is 1. The third-order valence-corrected chi connectivity index (χ3v) is 7.19. The summed E-state index contributed by atoms with van der Waals surface area (Å²) in [4.78, 5) is 28.9. The van der Waals surface area contributed by atoms with Crippen molar-refractivity contribution in [1.82, 2.24) is 14.5 Å². The van der Waals surface area contributed by atoms with Gasteiger partial charge in [0, 0.05) is 29.9 Å². The van der Waals surface area contributed by atoms with Crippen LogP contribution in [-0.2, 0) is 14.8 Å². The van der Waals surface area contributed by atoms with Gasteiger partial charge in [-0.05, 0) is 58.9 Å². The van der Waals surface area contributed by atoms with Crippen LogP contribution in [-0.4, -0.2) is 66.3 Å². The van der Waals surface area contributed by atoms with E-state index in [2.05, 4.69) is 4.72 Å². The first-order valence-electron chi connectivity index (χ1n) is 9.13. The fourth-order valence-electron chi connectivity index (χ4n) is 2.74. The number of hydrogen-bond acceptors (Lipinski definition) is 5. The van der Waals surface area contributed by atoms with E-state index in [9.17, 15) is 18.0 Å². The Balaban J connectivity index is 2.19. The lowest BCUT2D eigenvalue weighted by atomic mass is 10.1. The molecule has 0 aromatic heterocycles. The molecule has 156 valence electrons. The summed E-state index contributed by atoms with van der Waals surface area (Å²) < 4.78 is 27.4. The average Bonchev–Trinajstić information content (AvgIpc) is 3.07. The second kappa shape index (κ2) is 8.42. The quantitative estimate of drug-likeness (QED) is 0.778. The highest BCUT2D eigenvalue weighted by molar-refractivity contribution is 7.99. The summed E-state index contributed by atoms with van der Waals surface area (Å²) in [6.07, 6.45) is 0. The first-order valence-corrected chi connectivity index (χ1v) is 11.8. The van der Waals surface area contributed by atoms with Crippen LogP contribution >= 0.6 is 11.8 Å². The molecule has 1 unspecified atom stereocenters. The van der Waals surface area contributed by atoms with Gasteiger partial charge in [0.1, 0.15) is 6.04 Å². The molecular formula is C19H29N3O4S2. The number of nitrogens with zero attached hydrogens (tertiary/aromatic N) is 2. The van der Waals surface area contributed by atoms with Gasteiger partial charge in [0.2, 0.25) is 15.9 Å². The van der Waals surface area contributed by atoms with Crippen LogP contribution in [0.3, 0.4) is 0 Å². The highest BCUT2D eigenvalue weighted by atomic mass is 32.2. The monoisotopic (exact) mass is 427 g/mol. The Kier molecular flexibility index (Phi) is 6.83. The molecule has 1 atom stereocenters. The zero-order chi connectivity index (χ0) is 21.3. The van der Waals surface area contributed by atoms with Crippen LogP contribution in [0.5, 0.6) is 0 Å². The standard InChI is InChI=1S/C19H29N3O4S2/c1-13(2)21(6)18(24)16-11-27-12-22(16)17(23)14-7-9-15(10-8-14)28(25,26)20-19(3,4)5/h7-10,13,16,20H,11-12H2,1-6H3. The molecular weight excluding hydrogens is 398 g/mol. The summed E-state index contributed by atoms with van der Waals surface area (Å²) in [6, 6.07) is 5.38. The van der Waals surface area contributed by atoms with E-state index in [0.717, 1.165) is 0 Å². The van der Waals surface area contributed by atoms with Gasteiger partial charge in [0.25, 0.3) is 5.91 Å². The summed E-state index contributed by atoms with van der Waals surface area (Å²) in [5.74, 6) is 0.645. The normalized spacial score (nSPS) is 17.8. The molecule has 0 bridgehead atoms.